The van der Waals surface area contributed by atoms with Crippen LogP contribution < -0.4 is 33.3 Å². The zero-order chi connectivity index (χ0) is 12.0. The van der Waals surface area contributed by atoms with Crippen molar-refractivity contribution in [1.29, 1.82) is 0 Å². The van der Waals surface area contributed by atoms with Gasteiger partial charge in [-0.2, -0.15) is 0 Å². The van der Waals surface area contributed by atoms with E-state index in [-0.39, 0.29) is 24.0 Å². The van der Waals surface area contributed by atoms with Gasteiger partial charge in [-0.3, -0.25) is 0 Å². The smallest absolute Gasteiger partial charge is 0.364 e. The SMILES string of the molecule is Cc1c2c(nc3[n+]1C(CI)CS3)OC(CI)C2.[I-]. The molecule has 0 fully saturated rings. The first-order valence-electron chi connectivity index (χ1n) is 5.61. The van der Waals surface area contributed by atoms with E-state index in [9.17, 15) is 0 Å². The van der Waals surface area contributed by atoms with Crippen molar-refractivity contribution in [3.63, 3.8) is 0 Å². The molecule has 3 rings (SSSR count). The highest BCUT2D eigenvalue weighted by molar-refractivity contribution is 14.1. The zero-order valence-electron chi connectivity index (χ0n) is 9.83. The number of hydrogen-bond acceptors (Lipinski definition) is 3. The molecule has 0 bridgehead atoms. The molecule has 18 heavy (non-hydrogen) atoms. The van der Waals surface area contributed by atoms with Gasteiger partial charge in [-0.25, -0.2) is 4.57 Å². The average Bonchev–Trinajstić information content (AvgIpc) is 2.92. The molecule has 1 aromatic rings. The minimum Gasteiger partial charge on any atom is -1.00 e. The molecule has 2 aliphatic rings. The Labute approximate surface area is 156 Å². The molecule has 2 unspecified atom stereocenters. The first-order chi connectivity index (χ1) is 8.24. The van der Waals surface area contributed by atoms with Gasteiger partial charge in [-0.1, -0.05) is 45.2 Å². The van der Waals surface area contributed by atoms with Gasteiger partial charge in [-0.15, -0.1) is 0 Å². The van der Waals surface area contributed by atoms with E-state index in [1.807, 2.05) is 11.8 Å². The van der Waals surface area contributed by atoms with E-state index in [0.29, 0.717) is 12.1 Å². The molecule has 0 saturated heterocycles. The van der Waals surface area contributed by atoms with E-state index < -0.39 is 0 Å². The molecule has 0 aromatic carbocycles. The van der Waals surface area contributed by atoms with Gasteiger partial charge in [0.15, 0.2) is 0 Å². The lowest BCUT2D eigenvalue weighted by Crippen LogP contribution is -3.00. The van der Waals surface area contributed by atoms with Gasteiger partial charge >= 0.3 is 11.0 Å². The second-order valence-electron chi connectivity index (χ2n) is 4.35. The fraction of sp³-hybridized carbons (Fsp3) is 0.636. The summed E-state index contributed by atoms with van der Waals surface area (Å²) in [5.41, 5.74) is 2.69. The highest BCUT2D eigenvalue weighted by Gasteiger charge is 2.39. The summed E-state index contributed by atoms with van der Waals surface area (Å²) in [5.74, 6) is 2.03. The summed E-state index contributed by atoms with van der Waals surface area (Å²) in [5, 5.41) is 1.14. The van der Waals surface area contributed by atoms with Crippen molar-refractivity contribution < 1.29 is 33.3 Å². The van der Waals surface area contributed by atoms with Crippen molar-refractivity contribution >= 4 is 56.9 Å². The molecule has 0 N–H and O–H groups in total. The van der Waals surface area contributed by atoms with Gasteiger partial charge in [0.05, 0.1) is 5.56 Å². The molecule has 1 aromatic heterocycles. The highest BCUT2D eigenvalue weighted by atomic mass is 127. The van der Waals surface area contributed by atoms with Crippen molar-refractivity contribution in [3.8, 4) is 5.88 Å². The van der Waals surface area contributed by atoms with Crippen molar-refractivity contribution in [3.05, 3.63) is 11.3 Å². The number of thioether (sulfide) groups is 1. The molecule has 0 radical (unpaired) electrons. The Kier molecular flexibility index (Phi) is 5.67. The van der Waals surface area contributed by atoms with E-state index in [2.05, 4.69) is 61.7 Å². The summed E-state index contributed by atoms with van der Waals surface area (Å²) in [7, 11) is 0. The normalized spacial score (nSPS) is 24.2. The van der Waals surface area contributed by atoms with Crippen LogP contribution in [0.2, 0.25) is 0 Å². The first kappa shape index (κ1) is 15.8. The van der Waals surface area contributed by atoms with E-state index >= 15 is 0 Å². The molecule has 2 atom stereocenters. The van der Waals surface area contributed by atoms with Crippen LogP contribution in [0.15, 0.2) is 5.16 Å². The molecule has 100 valence electrons. The maximum absolute atomic E-state index is 5.88. The molecule has 0 aliphatic carbocycles. The summed E-state index contributed by atoms with van der Waals surface area (Å²) in [6, 6.07) is 0.604. The van der Waals surface area contributed by atoms with E-state index in [0.717, 1.165) is 32.1 Å². The number of halogens is 3. The van der Waals surface area contributed by atoms with Crippen LogP contribution in [0.4, 0.5) is 0 Å². The maximum Gasteiger partial charge on any atom is 0.364 e. The Balaban J connectivity index is 0.00000120. The Morgan fingerprint density at radius 2 is 2.22 bits per heavy atom. The Morgan fingerprint density at radius 1 is 1.44 bits per heavy atom. The summed E-state index contributed by atoms with van der Waals surface area (Å²) in [4.78, 5) is 4.69. The van der Waals surface area contributed by atoms with Gasteiger partial charge in [-0.05, 0) is 18.7 Å². The second-order valence-corrected chi connectivity index (χ2v) is 7.10. The predicted octanol–water partition coefficient (Wildman–Crippen LogP) is -0.498. The maximum atomic E-state index is 5.88. The molecular weight excluding hydrogens is 589 g/mol. The monoisotopic (exact) mass is 602 g/mol. The highest BCUT2D eigenvalue weighted by Crippen LogP contribution is 2.35. The molecule has 7 heteroatoms. The Hall–Kier alpha value is 1.42. The third-order valence-corrected chi connectivity index (χ3v) is 6.39. The van der Waals surface area contributed by atoms with Crippen LogP contribution >= 0.6 is 56.9 Å². The van der Waals surface area contributed by atoms with E-state index in [1.165, 1.54) is 11.3 Å². The predicted molar refractivity (Wildman–Crippen MR) is 84.8 cm³/mol. The lowest BCUT2D eigenvalue weighted by atomic mass is 10.1. The van der Waals surface area contributed by atoms with E-state index in [1.54, 1.807) is 0 Å². The largest absolute Gasteiger partial charge is 1.00 e. The fourth-order valence-electron chi connectivity index (χ4n) is 2.39. The lowest BCUT2D eigenvalue weighted by molar-refractivity contribution is -0.752. The van der Waals surface area contributed by atoms with Gasteiger partial charge in [0.25, 0.3) is 0 Å². The Bertz CT molecular complexity index is 472. The van der Waals surface area contributed by atoms with Crippen LogP contribution in [0.1, 0.15) is 17.3 Å². The van der Waals surface area contributed by atoms with Crippen molar-refractivity contribution in [2.24, 2.45) is 0 Å². The third-order valence-electron chi connectivity index (χ3n) is 3.29. The number of ether oxygens (including phenoxy) is 1. The van der Waals surface area contributed by atoms with Crippen molar-refractivity contribution in [2.75, 3.05) is 14.6 Å². The lowest BCUT2D eigenvalue weighted by Gasteiger charge is -2.08. The molecule has 0 saturated carbocycles. The standard InChI is InChI=1S/C11H13I2N2OS.HI/c1-6-9-2-8(4-13)16-10(9)14-11-15(6)7(3-12)5-17-11;/h7-8H,2-5H2,1H3;1H/q+1;/p-1. The van der Waals surface area contributed by atoms with Gasteiger partial charge < -0.3 is 28.7 Å². The quantitative estimate of drug-likeness (QED) is 0.198. The number of aromatic nitrogens is 2. The molecule has 0 amide bonds. The molecular formula is C11H13I3N2OS. The summed E-state index contributed by atoms with van der Waals surface area (Å²) in [6.45, 7) is 2.22. The van der Waals surface area contributed by atoms with Gasteiger partial charge in [0, 0.05) is 26.0 Å². The topological polar surface area (TPSA) is 26.0 Å². The van der Waals surface area contributed by atoms with Crippen molar-refractivity contribution in [2.45, 2.75) is 30.6 Å². The molecule has 3 nitrogen and oxygen atoms in total. The van der Waals surface area contributed by atoms with Crippen LogP contribution in [0.3, 0.4) is 0 Å². The number of hydrogen-bond donors (Lipinski definition) is 0. The van der Waals surface area contributed by atoms with E-state index in [4.69, 9.17) is 4.74 Å². The molecule has 2 aliphatic heterocycles. The zero-order valence-corrected chi connectivity index (χ0v) is 17.1. The number of rotatable bonds is 2. The van der Waals surface area contributed by atoms with Crippen LogP contribution in [-0.2, 0) is 6.42 Å². The minimum absolute atomic E-state index is 0. The number of fused-ring (bicyclic) bond motifs is 2. The van der Waals surface area contributed by atoms with Gasteiger partial charge in [0.1, 0.15) is 17.8 Å². The van der Waals surface area contributed by atoms with Crippen LogP contribution in [0.25, 0.3) is 0 Å². The second kappa shape index (κ2) is 6.46. The van der Waals surface area contributed by atoms with Gasteiger partial charge in [0.2, 0.25) is 0 Å². The Morgan fingerprint density at radius 3 is 2.89 bits per heavy atom. The van der Waals surface area contributed by atoms with Crippen LogP contribution in [0.5, 0.6) is 5.88 Å². The molecule has 3 heterocycles. The minimum atomic E-state index is 0. The number of nitrogens with zero attached hydrogens (tertiary/aromatic N) is 2. The van der Waals surface area contributed by atoms with Crippen LogP contribution in [0, 0.1) is 6.92 Å². The third kappa shape index (κ3) is 2.61. The summed E-state index contributed by atoms with van der Waals surface area (Å²) < 4.78 is 10.5. The fourth-order valence-corrected chi connectivity index (χ4v) is 5.19. The molecule has 0 spiro atoms. The van der Waals surface area contributed by atoms with Crippen molar-refractivity contribution in [1.82, 2.24) is 4.98 Å². The summed E-state index contributed by atoms with van der Waals surface area (Å²) >= 11 is 6.71. The number of alkyl halides is 2. The van der Waals surface area contributed by atoms with Crippen LogP contribution in [-0.4, -0.2) is 25.7 Å². The summed E-state index contributed by atoms with van der Waals surface area (Å²) in [6.07, 6.45) is 1.35. The average molecular weight is 602 g/mol. The first-order valence-corrected chi connectivity index (χ1v) is 9.64.